The third-order valence-electron chi connectivity index (χ3n) is 5.80. The number of nitrogens with zero attached hydrogens (tertiary/aromatic N) is 3. The Morgan fingerprint density at radius 2 is 1.85 bits per heavy atom. The van der Waals surface area contributed by atoms with E-state index in [0.29, 0.717) is 42.5 Å². The van der Waals surface area contributed by atoms with E-state index in [2.05, 4.69) is 37.6 Å². The molecule has 1 atom stereocenters. The molecule has 3 rings (SSSR count). The average molecular weight is 452 g/mol. The number of ketones is 1. The van der Waals surface area contributed by atoms with Crippen molar-refractivity contribution in [3.8, 4) is 5.75 Å². The van der Waals surface area contributed by atoms with Crippen LogP contribution in [0.25, 0.3) is 5.76 Å². The van der Waals surface area contributed by atoms with Crippen LogP contribution in [-0.4, -0.2) is 64.4 Å². The molecule has 0 spiro atoms. The van der Waals surface area contributed by atoms with Crippen LogP contribution in [0.5, 0.6) is 5.75 Å². The fourth-order valence-electron chi connectivity index (χ4n) is 3.91. The minimum absolute atomic E-state index is 0.0865. The van der Waals surface area contributed by atoms with E-state index in [0.717, 1.165) is 13.1 Å². The van der Waals surface area contributed by atoms with Crippen LogP contribution in [0.3, 0.4) is 0 Å². The van der Waals surface area contributed by atoms with E-state index in [4.69, 9.17) is 4.74 Å². The van der Waals surface area contributed by atoms with Gasteiger partial charge in [-0.2, -0.15) is 0 Å². The molecule has 1 aromatic heterocycles. The summed E-state index contributed by atoms with van der Waals surface area (Å²) in [5.74, 6) is -0.396. The summed E-state index contributed by atoms with van der Waals surface area (Å²) >= 11 is 0. The summed E-state index contributed by atoms with van der Waals surface area (Å²) in [5, 5.41) is 11.1. The second-order valence-corrected chi connectivity index (χ2v) is 8.53. The SMILES string of the molecule is CCN(CC)CCN1C(=O)C(=O)C(=C(O)c2ccc(OCC(C)C)cc2)[C@@H]1c1cccnc1. The van der Waals surface area contributed by atoms with Gasteiger partial charge in [0.2, 0.25) is 0 Å². The number of benzene rings is 1. The molecule has 1 amide bonds. The molecule has 1 saturated heterocycles. The minimum atomic E-state index is -0.689. The van der Waals surface area contributed by atoms with Crippen molar-refractivity contribution in [1.29, 1.82) is 0 Å². The molecular weight excluding hydrogens is 418 g/mol. The second kappa shape index (κ2) is 11.1. The lowest BCUT2D eigenvalue weighted by atomic mass is 9.96. The monoisotopic (exact) mass is 451 g/mol. The highest BCUT2D eigenvalue weighted by Gasteiger charge is 2.46. The molecule has 7 nitrogen and oxygen atoms in total. The molecule has 7 heteroatoms. The highest BCUT2D eigenvalue weighted by molar-refractivity contribution is 6.46. The van der Waals surface area contributed by atoms with Gasteiger partial charge in [0.15, 0.2) is 0 Å². The number of amides is 1. The summed E-state index contributed by atoms with van der Waals surface area (Å²) in [4.78, 5) is 34.0. The van der Waals surface area contributed by atoms with Crippen molar-refractivity contribution >= 4 is 17.4 Å². The first-order chi connectivity index (χ1) is 15.9. The Labute approximate surface area is 195 Å². The number of rotatable bonds is 10. The van der Waals surface area contributed by atoms with Crippen molar-refractivity contribution in [3.63, 3.8) is 0 Å². The van der Waals surface area contributed by atoms with Gasteiger partial charge in [0, 0.05) is 31.0 Å². The maximum atomic E-state index is 13.1. The first-order valence-corrected chi connectivity index (χ1v) is 11.5. The van der Waals surface area contributed by atoms with Gasteiger partial charge in [0.1, 0.15) is 11.5 Å². The molecule has 176 valence electrons. The number of aliphatic hydroxyl groups excluding tert-OH is 1. The summed E-state index contributed by atoms with van der Waals surface area (Å²) in [7, 11) is 0. The zero-order chi connectivity index (χ0) is 24.0. The van der Waals surface area contributed by atoms with E-state index in [-0.39, 0.29) is 11.3 Å². The predicted molar refractivity (Wildman–Crippen MR) is 128 cm³/mol. The molecule has 33 heavy (non-hydrogen) atoms. The number of likely N-dealkylation sites (N-methyl/N-ethyl adjacent to an activating group) is 1. The Balaban J connectivity index is 1.98. The lowest BCUT2D eigenvalue weighted by Crippen LogP contribution is -2.38. The Kier molecular flexibility index (Phi) is 8.22. The van der Waals surface area contributed by atoms with E-state index in [1.165, 1.54) is 0 Å². The Hall–Kier alpha value is -3.19. The van der Waals surface area contributed by atoms with Crippen molar-refractivity contribution < 1.29 is 19.4 Å². The molecular formula is C26H33N3O4. The minimum Gasteiger partial charge on any atom is -0.507 e. The van der Waals surface area contributed by atoms with Gasteiger partial charge in [0.25, 0.3) is 11.7 Å². The number of carbonyl (C=O) groups excluding carboxylic acids is 2. The lowest BCUT2D eigenvalue weighted by molar-refractivity contribution is -0.140. The van der Waals surface area contributed by atoms with Gasteiger partial charge in [0.05, 0.1) is 18.2 Å². The molecule has 1 aliphatic rings. The van der Waals surface area contributed by atoms with Gasteiger partial charge < -0.3 is 19.6 Å². The molecule has 0 bridgehead atoms. The zero-order valence-electron chi connectivity index (χ0n) is 19.8. The van der Waals surface area contributed by atoms with Gasteiger partial charge in [-0.25, -0.2) is 0 Å². The molecule has 2 aromatic rings. The molecule has 2 heterocycles. The molecule has 1 aliphatic heterocycles. The molecule has 1 aromatic carbocycles. The average Bonchev–Trinajstić information content (AvgIpc) is 3.08. The summed E-state index contributed by atoms with van der Waals surface area (Å²) in [5.41, 5.74) is 1.24. The van der Waals surface area contributed by atoms with Gasteiger partial charge in [-0.3, -0.25) is 14.6 Å². The fraction of sp³-hybridized carbons (Fsp3) is 0.423. The van der Waals surface area contributed by atoms with Crippen molar-refractivity contribution in [2.24, 2.45) is 5.92 Å². The topological polar surface area (TPSA) is 83.0 Å². The quantitative estimate of drug-likeness (QED) is 0.335. The van der Waals surface area contributed by atoms with Crippen molar-refractivity contribution in [3.05, 3.63) is 65.5 Å². The second-order valence-electron chi connectivity index (χ2n) is 8.53. The number of hydrogen-bond donors (Lipinski definition) is 1. The Morgan fingerprint density at radius 1 is 1.15 bits per heavy atom. The summed E-state index contributed by atoms with van der Waals surface area (Å²) in [6.45, 7) is 11.6. The number of aliphatic hydroxyl groups is 1. The van der Waals surface area contributed by atoms with E-state index in [9.17, 15) is 14.7 Å². The van der Waals surface area contributed by atoms with E-state index in [1.807, 2.05) is 6.07 Å². The van der Waals surface area contributed by atoms with E-state index in [1.54, 1.807) is 47.6 Å². The maximum Gasteiger partial charge on any atom is 0.295 e. The third kappa shape index (κ3) is 5.60. The first kappa shape index (κ1) is 24.5. The van der Waals surface area contributed by atoms with Crippen LogP contribution >= 0.6 is 0 Å². The molecule has 0 unspecified atom stereocenters. The van der Waals surface area contributed by atoms with Gasteiger partial charge >= 0.3 is 0 Å². The highest BCUT2D eigenvalue weighted by Crippen LogP contribution is 2.39. The molecule has 0 radical (unpaired) electrons. The van der Waals surface area contributed by atoms with Crippen LogP contribution in [0.4, 0.5) is 0 Å². The summed E-state index contributed by atoms with van der Waals surface area (Å²) < 4.78 is 5.71. The Morgan fingerprint density at radius 3 is 2.42 bits per heavy atom. The number of Topliss-reactive ketones (excluding diaryl/α,β-unsaturated/α-hetero) is 1. The van der Waals surface area contributed by atoms with Gasteiger partial charge in [-0.1, -0.05) is 33.8 Å². The highest BCUT2D eigenvalue weighted by atomic mass is 16.5. The molecule has 1 fully saturated rings. The standard InChI is InChI=1S/C26H33N3O4/c1-5-28(6-2)14-15-29-23(20-8-7-13-27-16-20)22(25(31)26(29)32)24(30)19-9-11-21(12-10-19)33-17-18(3)4/h7-13,16,18,23,30H,5-6,14-15,17H2,1-4H3/t23-/m0/s1. The van der Waals surface area contributed by atoms with Crippen LogP contribution < -0.4 is 4.74 Å². The largest absolute Gasteiger partial charge is 0.507 e. The number of likely N-dealkylation sites (tertiary alicyclic amines) is 1. The van der Waals surface area contributed by atoms with Crippen molar-refractivity contribution in [2.45, 2.75) is 33.7 Å². The van der Waals surface area contributed by atoms with Crippen LogP contribution in [0, 0.1) is 5.92 Å². The van der Waals surface area contributed by atoms with Crippen molar-refractivity contribution in [1.82, 2.24) is 14.8 Å². The Bertz CT molecular complexity index is 982. The number of aromatic nitrogens is 1. The molecule has 0 saturated carbocycles. The fourth-order valence-corrected chi connectivity index (χ4v) is 3.91. The van der Waals surface area contributed by atoms with Gasteiger partial charge in [-0.05, 0) is 54.9 Å². The van der Waals surface area contributed by atoms with E-state index >= 15 is 0 Å². The molecule has 1 N–H and O–H groups in total. The van der Waals surface area contributed by atoms with Crippen LogP contribution in [0.2, 0.25) is 0 Å². The number of pyridine rings is 1. The molecule has 0 aliphatic carbocycles. The lowest BCUT2D eigenvalue weighted by Gasteiger charge is -2.28. The number of carbonyl (C=O) groups is 2. The smallest absolute Gasteiger partial charge is 0.295 e. The first-order valence-electron chi connectivity index (χ1n) is 11.5. The summed E-state index contributed by atoms with van der Waals surface area (Å²) in [6.07, 6.45) is 3.28. The predicted octanol–water partition coefficient (Wildman–Crippen LogP) is 3.88. The van der Waals surface area contributed by atoms with Crippen molar-refractivity contribution in [2.75, 3.05) is 32.8 Å². The van der Waals surface area contributed by atoms with Crippen LogP contribution in [0.15, 0.2) is 54.4 Å². The maximum absolute atomic E-state index is 13.1. The third-order valence-corrected chi connectivity index (χ3v) is 5.80. The van der Waals surface area contributed by atoms with Crippen LogP contribution in [0.1, 0.15) is 44.9 Å². The zero-order valence-corrected chi connectivity index (χ0v) is 19.8. The summed E-state index contributed by atoms with van der Waals surface area (Å²) in [6, 6.07) is 9.82. The number of hydrogen-bond acceptors (Lipinski definition) is 6. The number of ether oxygens (including phenoxy) is 1. The normalized spacial score (nSPS) is 17.9. The van der Waals surface area contributed by atoms with E-state index < -0.39 is 17.7 Å². The van der Waals surface area contributed by atoms with Crippen LogP contribution in [-0.2, 0) is 9.59 Å². The van der Waals surface area contributed by atoms with Gasteiger partial charge in [-0.15, -0.1) is 0 Å².